The highest BCUT2D eigenvalue weighted by atomic mass is 15.1. The van der Waals surface area contributed by atoms with Gasteiger partial charge in [-0.1, -0.05) is 206 Å². The third-order valence-electron chi connectivity index (χ3n) is 13.8. The molecule has 0 amide bonds. The zero-order chi connectivity index (χ0) is 45.0. The molecule has 2 nitrogen and oxygen atoms in total. The summed E-state index contributed by atoms with van der Waals surface area (Å²) >= 11 is 0. The minimum absolute atomic E-state index is 1.07. The second-order valence-electron chi connectivity index (χ2n) is 17.6. The maximum atomic E-state index is 2.45. The van der Waals surface area contributed by atoms with Crippen LogP contribution in [0.15, 0.2) is 267 Å². The Labute approximate surface area is 395 Å². The van der Waals surface area contributed by atoms with Crippen LogP contribution in [-0.2, 0) is 0 Å². The largest absolute Gasteiger partial charge is 0.310 e. The van der Waals surface area contributed by atoms with Crippen LogP contribution < -0.4 is 4.90 Å². The molecule has 1 aromatic heterocycles. The van der Waals surface area contributed by atoms with Crippen LogP contribution in [0.25, 0.3) is 104 Å². The minimum Gasteiger partial charge on any atom is -0.310 e. The van der Waals surface area contributed by atoms with E-state index in [0.717, 1.165) is 39.4 Å². The van der Waals surface area contributed by atoms with Crippen molar-refractivity contribution in [2.24, 2.45) is 0 Å². The number of benzene rings is 12. The second-order valence-corrected chi connectivity index (χ2v) is 17.6. The van der Waals surface area contributed by atoms with Crippen molar-refractivity contribution in [3.8, 4) is 50.2 Å². The van der Waals surface area contributed by atoms with Crippen molar-refractivity contribution in [2.75, 3.05) is 4.90 Å². The molecule has 13 rings (SSSR count). The van der Waals surface area contributed by atoms with Gasteiger partial charge >= 0.3 is 0 Å². The summed E-state index contributed by atoms with van der Waals surface area (Å²) in [5.41, 5.74) is 16.2. The minimum atomic E-state index is 1.07. The molecule has 13 aromatic rings. The number of hydrogen-bond donors (Lipinski definition) is 0. The Hall–Kier alpha value is -8.98. The molecule has 0 aliphatic carbocycles. The molecule has 0 aliphatic rings. The van der Waals surface area contributed by atoms with E-state index in [1.165, 1.54) is 81.9 Å². The first-order valence-electron chi connectivity index (χ1n) is 23.4. The van der Waals surface area contributed by atoms with Gasteiger partial charge < -0.3 is 9.47 Å². The average molecular weight is 865 g/mol. The Morgan fingerprint density at radius 1 is 0.265 bits per heavy atom. The van der Waals surface area contributed by atoms with Gasteiger partial charge in [0.1, 0.15) is 0 Å². The van der Waals surface area contributed by atoms with Gasteiger partial charge in [0.05, 0.1) is 22.4 Å². The molecule has 0 bridgehead atoms. The first-order chi connectivity index (χ1) is 33.7. The standard InChI is InChI=1S/C66H44N2/c1-3-18-45(19-4-1)49-37-40-64(61(43-49)46-20-5-2-6-21-46)67(53-25-17-24-50(42-53)60-44-51-23-8-9-26-54(51)57-29-11-12-30-58(57)60)52-38-34-48(35-39-52)55-27-13-15-32-62(55)68-63-33-16-14-31-59(63)66-56-28-10-7-22-47(56)36-41-65(66)68/h1-44H. The van der Waals surface area contributed by atoms with Crippen LogP contribution in [0, 0.1) is 0 Å². The van der Waals surface area contributed by atoms with Crippen LogP contribution >= 0.6 is 0 Å². The van der Waals surface area contributed by atoms with Crippen molar-refractivity contribution in [2.45, 2.75) is 0 Å². The van der Waals surface area contributed by atoms with Gasteiger partial charge in [-0.3, -0.25) is 0 Å². The van der Waals surface area contributed by atoms with Gasteiger partial charge in [0, 0.05) is 33.3 Å². The van der Waals surface area contributed by atoms with Gasteiger partial charge in [-0.25, -0.2) is 0 Å². The lowest BCUT2D eigenvalue weighted by Gasteiger charge is -2.29. The first-order valence-corrected chi connectivity index (χ1v) is 23.4. The van der Waals surface area contributed by atoms with E-state index >= 15 is 0 Å². The number of rotatable bonds is 8. The first kappa shape index (κ1) is 39.4. The van der Waals surface area contributed by atoms with Gasteiger partial charge in [-0.2, -0.15) is 0 Å². The molecule has 0 atom stereocenters. The highest BCUT2D eigenvalue weighted by Gasteiger charge is 2.22. The second kappa shape index (κ2) is 16.5. The topological polar surface area (TPSA) is 8.17 Å². The Balaban J connectivity index is 0.998. The molecule has 0 saturated heterocycles. The molecule has 0 unspecified atom stereocenters. The van der Waals surface area contributed by atoms with Crippen molar-refractivity contribution in [3.63, 3.8) is 0 Å². The molecule has 0 spiro atoms. The van der Waals surface area contributed by atoms with Gasteiger partial charge in [-0.05, 0) is 126 Å². The van der Waals surface area contributed by atoms with Crippen LogP contribution in [0.4, 0.5) is 17.1 Å². The van der Waals surface area contributed by atoms with E-state index in [1.807, 2.05) is 0 Å². The number of nitrogens with zero attached hydrogens (tertiary/aromatic N) is 2. The zero-order valence-corrected chi connectivity index (χ0v) is 37.3. The summed E-state index contributed by atoms with van der Waals surface area (Å²) in [6.07, 6.45) is 0. The summed E-state index contributed by atoms with van der Waals surface area (Å²) in [5, 5.41) is 10.1. The predicted octanol–water partition coefficient (Wildman–Crippen LogP) is 18.4. The monoisotopic (exact) mass is 864 g/mol. The third-order valence-corrected chi connectivity index (χ3v) is 13.8. The summed E-state index contributed by atoms with van der Waals surface area (Å²) in [7, 11) is 0. The normalized spacial score (nSPS) is 11.5. The highest BCUT2D eigenvalue weighted by Crippen LogP contribution is 2.46. The van der Waals surface area contributed by atoms with E-state index in [-0.39, 0.29) is 0 Å². The molecule has 1 heterocycles. The lowest BCUT2D eigenvalue weighted by atomic mass is 9.92. The molecule has 12 aromatic carbocycles. The van der Waals surface area contributed by atoms with Crippen molar-refractivity contribution >= 4 is 71.2 Å². The van der Waals surface area contributed by atoms with Gasteiger partial charge in [0.25, 0.3) is 0 Å². The fourth-order valence-corrected chi connectivity index (χ4v) is 10.6. The average Bonchev–Trinajstić information content (AvgIpc) is 3.76. The van der Waals surface area contributed by atoms with E-state index in [2.05, 4.69) is 276 Å². The molecule has 318 valence electrons. The van der Waals surface area contributed by atoms with Crippen LogP contribution in [0.1, 0.15) is 0 Å². The molecule has 0 fully saturated rings. The van der Waals surface area contributed by atoms with Crippen LogP contribution in [0.3, 0.4) is 0 Å². The smallest absolute Gasteiger partial charge is 0.0547 e. The fraction of sp³-hybridized carbons (Fsp3) is 0. The Bertz CT molecular complexity index is 4020. The number of para-hydroxylation sites is 2. The number of anilines is 3. The van der Waals surface area contributed by atoms with Crippen molar-refractivity contribution in [1.29, 1.82) is 0 Å². The zero-order valence-electron chi connectivity index (χ0n) is 37.3. The van der Waals surface area contributed by atoms with Crippen LogP contribution in [-0.4, -0.2) is 4.57 Å². The Morgan fingerprint density at radius 2 is 0.868 bits per heavy atom. The van der Waals surface area contributed by atoms with E-state index in [0.29, 0.717) is 0 Å². The predicted molar refractivity (Wildman–Crippen MR) is 290 cm³/mol. The molecule has 0 saturated carbocycles. The van der Waals surface area contributed by atoms with Crippen molar-refractivity contribution < 1.29 is 0 Å². The summed E-state index contributed by atoms with van der Waals surface area (Å²) in [4.78, 5) is 2.44. The van der Waals surface area contributed by atoms with Crippen molar-refractivity contribution in [3.05, 3.63) is 267 Å². The fourth-order valence-electron chi connectivity index (χ4n) is 10.6. The summed E-state index contributed by atoms with van der Waals surface area (Å²) in [5.74, 6) is 0. The lowest BCUT2D eigenvalue weighted by Crippen LogP contribution is -2.11. The van der Waals surface area contributed by atoms with Crippen LogP contribution in [0.2, 0.25) is 0 Å². The molecule has 0 N–H and O–H groups in total. The van der Waals surface area contributed by atoms with E-state index in [9.17, 15) is 0 Å². The molecule has 0 aliphatic heterocycles. The van der Waals surface area contributed by atoms with Crippen LogP contribution in [0.5, 0.6) is 0 Å². The Morgan fingerprint density at radius 3 is 1.68 bits per heavy atom. The SMILES string of the molecule is c1ccc(-c2ccc(N(c3ccc(-c4ccccc4-n4c5ccccc5c5c6ccccc6ccc54)cc3)c3cccc(-c4cc5ccccc5c5ccccc45)c3)c(-c3ccccc3)c2)cc1. The molecule has 0 radical (unpaired) electrons. The quantitative estimate of drug-likeness (QED) is 0.138. The van der Waals surface area contributed by atoms with Gasteiger partial charge in [0.15, 0.2) is 0 Å². The van der Waals surface area contributed by atoms with E-state index in [1.54, 1.807) is 0 Å². The Kier molecular flexibility index (Phi) is 9.54. The van der Waals surface area contributed by atoms with E-state index < -0.39 is 0 Å². The summed E-state index contributed by atoms with van der Waals surface area (Å²) in [6.45, 7) is 0. The highest BCUT2D eigenvalue weighted by molar-refractivity contribution is 6.21. The summed E-state index contributed by atoms with van der Waals surface area (Å²) < 4.78 is 2.45. The van der Waals surface area contributed by atoms with E-state index in [4.69, 9.17) is 0 Å². The van der Waals surface area contributed by atoms with Crippen molar-refractivity contribution in [1.82, 2.24) is 4.57 Å². The van der Waals surface area contributed by atoms with Gasteiger partial charge in [0.2, 0.25) is 0 Å². The number of fused-ring (bicyclic) bond motifs is 8. The lowest BCUT2D eigenvalue weighted by molar-refractivity contribution is 1.18. The number of aromatic nitrogens is 1. The summed E-state index contributed by atoms with van der Waals surface area (Å²) in [6, 6.07) is 97.5. The maximum Gasteiger partial charge on any atom is 0.0547 e. The number of hydrogen-bond acceptors (Lipinski definition) is 1. The maximum absolute atomic E-state index is 2.45. The molecule has 2 heteroatoms. The van der Waals surface area contributed by atoms with Gasteiger partial charge in [-0.15, -0.1) is 0 Å². The molecule has 68 heavy (non-hydrogen) atoms. The molecular formula is C66H44N2. The molecular weight excluding hydrogens is 821 g/mol. The third kappa shape index (κ3) is 6.65.